The third-order valence-corrected chi connectivity index (χ3v) is 4.62. The Hall–Kier alpha value is -0.0800. The van der Waals surface area contributed by atoms with Gasteiger partial charge in [-0.25, -0.2) is 0 Å². The van der Waals surface area contributed by atoms with E-state index in [4.69, 9.17) is 5.73 Å². The van der Waals surface area contributed by atoms with Crippen LogP contribution in [0.1, 0.15) is 65.7 Å². The molecule has 102 valence electrons. The fourth-order valence-electron chi connectivity index (χ4n) is 3.79. The van der Waals surface area contributed by atoms with Gasteiger partial charge in [-0.1, -0.05) is 33.6 Å². The number of nitrogens with two attached hydrogens (primary N) is 1. The molecule has 0 bridgehead atoms. The maximum atomic E-state index is 9.34. The van der Waals surface area contributed by atoms with Crippen LogP contribution in [0, 0.1) is 17.3 Å². The van der Waals surface area contributed by atoms with Crippen LogP contribution in [-0.4, -0.2) is 17.8 Å². The van der Waals surface area contributed by atoms with Crippen LogP contribution in [0.3, 0.4) is 0 Å². The smallest absolute Gasteiger partial charge is 0.0436 e. The molecule has 0 aromatic heterocycles. The van der Waals surface area contributed by atoms with Crippen LogP contribution >= 0.6 is 0 Å². The van der Waals surface area contributed by atoms with Crippen molar-refractivity contribution in [2.24, 2.45) is 23.0 Å². The highest BCUT2D eigenvalue weighted by Crippen LogP contribution is 2.46. The summed E-state index contributed by atoms with van der Waals surface area (Å²) in [5.74, 6) is 1.61. The minimum Gasteiger partial charge on any atom is -0.396 e. The molecular formula is C15H31NO. The van der Waals surface area contributed by atoms with E-state index in [1.807, 2.05) is 0 Å². The lowest BCUT2D eigenvalue weighted by Crippen LogP contribution is -2.45. The minimum atomic E-state index is 0.224. The van der Waals surface area contributed by atoms with Crippen molar-refractivity contribution in [2.75, 3.05) is 6.61 Å². The number of hydrogen-bond donors (Lipinski definition) is 2. The Bertz CT molecular complexity index is 213. The quantitative estimate of drug-likeness (QED) is 0.749. The summed E-state index contributed by atoms with van der Waals surface area (Å²) in [4.78, 5) is 0. The number of aliphatic hydroxyl groups excluding tert-OH is 1. The maximum absolute atomic E-state index is 9.34. The summed E-state index contributed by atoms with van der Waals surface area (Å²) in [6.45, 7) is 7.09. The van der Waals surface area contributed by atoms with Crippen molar-refractivity contribution in [1.82, 2.24) is 0 Å². The standard InChI is InChI=1S/C15H31NO/c1-4-14(16)15(8-9-17)7-5-6-13(11-15)10-12(2)3/h12-14,17H,4-11,16H2,1-3H3. The van der Waals surface area contributed by atoms with E-state index in [9.17, 15) is 5.11 Å². The van der Waals surface area contributed by atoms with Crippen LogP contribution in [0.25, 0.3) is 0 Å². The lowest BCUT2D eigenvalue weighted by Gasteiger charge is -2.45. The zero-order valence-corrected chi connectivity index (χ0v) is 11.9. The third kappa shape index (κ3) is 3.96. The molecule has 1 aliphatic carbocycles. The van der Waals surface area contributed by atoms with Crippen molar-refractivity contribution < 1.29 is 5.11 Å². The summed E-state index contributed by atoms with van der Waals surface area (Å²) in [6, 6.07) is 0.268. The van der Waals surface area contributed by atoms with E-state index in [1.54, 1.807) is 0 Å². The Morgan fingerprint density at radius 1 is 1.41 bits per heavy atom. The summed E-state index contributed by atoms with van der Waals surface area (Å²) in [6.07, 6.45) is 8.37. The van der Waals surface area contributed by atoms with Gasteiger partial charge in [0.2, 0.25) is 0 Å². The van der Waals surface area contributed by atoms with Crippen molar-refractivity contribution in [2.45, 2.75) is 71.8 Å². The van der Waals surface area contributed by atoms with Gasteiger partial charge >= 0.3 is 0 Å². The zero-order valence-electron chi connectivity index (χ0n) is 11.9. The molecule has 1 fully saturated rings. The summed E-state index contributed by atoms with van der Waals surface area (Å²) in [5, 5.41) is 9.34. The minimum absolute atomic E-state index is 0.224. The maximum Gasteiger partial charge on any atom is 0.0436 e. The Morgan fingerprint density at radius 2 is 2.12 bits per heavy atom. The first kappa shape index (κ1) is 15.0. The lowest BCUT2D eigenvalue weighted by atomic mass is 9.62. The van der Waals surface area contributed by atoms with Crippen LogP contribution in [0.2, 0.25) is 0 Å². The van der Waals surface area contributed by atoms with E-state index < -0.39 is 0 Å². The van der Waals surface area contributed by atoms with Gasteiger partial charge in [0.05, 0.1) is 0 Å². The summed E-state index contributed by atoms with van der Waals surface area (Å²) in [5.41, 5.74) is 6.57. The summed E-state index contributed by atoms with van der Waals surface area (Å²) >= 11 is 0. The van der Waals surface area contributed by atoms with Crippen LogP contribution in [-0.2, 0) is 0 Å². The highest BCUT2D eigenvalue weighted by Gasteiger charge is 2.39. The van der Waals surface area contributed by atoms with Gasteiger partial charge in [0.25, 0.3) is 0 Å². The molecule has 1 saturated carbocycles. The Kier molecular flexibility index (Phi) is 5.94. The van der Waals surface area contributed by atoms with Gasteiger partial charge in [-0.05, 0) is 49.4 Å². The Balaban J connectivity index is 2.69. The largest absolute Gasteiger partial charge is 0.396 e. The SMILES string of the molecule is CCC(N)C1(CCO)CCCC(CC(C)C)C1. The first-order chi connectivity index (χ1) is 8.04. The Labute approximate surface area is 107 Å². The van der Waals surface area contributed by atoms with E-state index >= 15 is 0 Å². The molecular weight excluding hydrogens is 210 g/mol. The molecule has 2 nitrogen and oxygen atoms in total. The molecule has 0 aliphatic heterocycles. The van der Waals surface area contributed by atoms with E-state index in [2.05, 4.69) is 20.8 Å². The van der Waals surface area contributed by atoms with Crippen LogP contribution in [0.15, 0.2) is 0 Å². The third-order valence-electron chi connectivity index (χ3n) is 4.62. The molecule has 1 rings (SSSR count). The van der Waals surface area contributed by atoms with Gasteiger partial charge in [0.15, 0.2) is 0 Å². The lowest BCUT2D eigenvalue weighted by molar-refractivity contribution is 0.0607. The molecule has 0 spiro atoms. The molecule has 0 aromatic rings. The van der Waals surface area contributed by atoms with Gasteiger partial charge in [-0.3, -0.25) is 0 Å². The van der Waals surface area contributed by atoms with Gasteiger partial charge in [0.1, 0.15) is 0 Å². The van der Waals surface area contributed by atoms with Gasteiger partial charge in [0, 0.05) is 12.6 Å². The van der Waals surface area contributed by atoms with Crippen molar-refractivity contribution in [1.29, 1.82) is 0 Å². The second-order valence-electron chi connectivity index (χ2n) is 6.44. The van der Waals surface area contributed by atoms with Crippen molar-refractivity contribution in [3.8, 4) is 0 Å². The molecule has 0 heterocycles. The van der Waals surface area contributed by atoms with E-state index in [-0.39, 0.29) is 11.5 Å². The number of hydrogen-bond acceptors (Lipinski definition) is 2. The average molecular weight is 241 g/mol. The topological polar surface area (TPSA) is 46.2 Å². The fourth-order valence-corrected chi connectivity index (χ4v) is 3.79. The molecule has 0 saturated heterocycles. The summed E-state index contributed by atoms with van der Waals surface area (Å²) in [7, 11) is 0. The van der Waals surface area contributed by atoms with Crippen molar-refractivity contribution >= 4 is 0 Å². The second kappa shape index (κ2) is 6.75. The first-order valence-corrected chi connectivity index (χ1v) is 7.40. The average Bonchev–Trinajstić information content (AvgIpc) is 2.27. The zero-order chi connectivity index (χ0) is 12.9. The fraction of sp³-hybridized carbons (Fsp3) is 1.00. The van der Waals surface area contributed by atoms with E-state index in [1.165, 1.54) is 32.1 Å². The predicted octanol–water partition coefficient (Wildman–Crippen LogP) is 3.33. The molecule has 1 aliphatic rings. The molecule has 3 atom stereocenters. The predicted molar refractivity (Wildman–Crippen MR) is 73.8 cm³/mol. The normalized spacial score (nSPS) is 31.8. The van der Waals surface area contributed by atoms with E-state index in [0.29, 0.717) is 6.61 Å². The van der Waals surface area contributed by atoms with Gasteiger partial charge in [-0.2, -0.15) is 0 Å². The van der Waals surface area contributed by atoms with E-state index in [0.717, 1.165) is 24.7 Å². The molecule has 0 aromatic carbocycles. The second-order valence-corrected chi connectivity index (χ2v) is 6.44. The van der Waals surface area contributed by atoms with Crippen molar-refractivity contribution in [3.05, 3.63) is 0 Å². The molecule has 2 heteroatoms. The highest BCUT2D eigenvalue weighted by atomic mass is 16.3. The first-order valence-electron chi connectivity index (χ1n) is 7.40. The highest BCUT2D eigenvalue weighted by molar-refractivity contribution is 4.93. The van der Waals surface area contributed by atoms with Gasteiger partial charge < -0.3 is 10.8 Å². The van der Waals surface area contributed by atoms with Gasteiger partial charge in [-0.15, -0.1) is 0 Å². The van der Waals surface area contributed by atoms with Crippen LogP contribution in [0.5, 0.6) is 0 Å². The number of rotatable bonds is 6. The Morgan fingerprint density at radius 3 is 2.65 bits per heavy atom. The van der Waals surface area contributed by atoms with Crippen molar-refractivity contribution in [3.63, 3.8) is 0 Å². The molecule has 0 radical (unpaired) electrons. The molecule has 17 heavy (non-hydrogen) atoms. The summed E-state index contributed by atoms with van der Waals surface area (Å²) < 4.78 is 0. The van der Waals surface area contributed by atoms with Crippen LogP contribution in [0.4, 0.5) is 0 Å². The number of aliphatic hydroxyl groups is 1. The van der Waals surface area contributed by atoms with Crippen LogP contribution < -0.4 is 5.73 Å². The molecule has 3 N–H and O–H groups in total. The monoisotopic (exact) mass is 241 g/mol. The molecule has 0 amide bonds. The molecule has 3 unspecified atom stereocenters.